The summed E-state index contributed by atoms with van der Waals surface area (Å²) in [6.07, 6.45) is 6.30. The molecule has 0 spiro atoms. The Kier molecular flexibility index (Phi) is 11.2. The molecule has 1 amide bonds. The van der Waals surface area contributed by atoms with Gasteiger partial charge in [0.2, 0.25) is 5.91 Å². The van der Waals surface area contributed by atoms with Gasteiger partial charge in [-0.15, -0.1) is 0 Å². The quantitative estimate of drug-likeness (QED) is 0.216. The van der Waals surface area contributed by atoms with E-state index in [0.717, 1.165) is 43.8 Å². The maximum Gasteiger partial charge on any atom is 0.226 e. The van der Waals surface area contributed by atoms with E-state index in [1.165, 1.54) is 46.3 Å². The molecule has 0 aromatic heterocycles. The van der Waals surface area contributed by atoms with Crippen LogP contribution < -0.4 is 15.0 Å². The van der Waals surface area contributed by atoms with Gasteiger partial charge < -0.3 is 15.0 Å². The smallest absolute Gasteiger partial charge is 0.226 e. The van der Waals surface area contributed by atoms with Crippen LogP contribution in [0.5, 0.6) is 11.5 Å². The highest BCUT2D eigenvalue weighted by molar-refractivity contribution is 6.37. The van der Waals surface area contributed by atoms with Gasteiger partial charge in [-0.3, -0.25) is 4.79 Å². The molecular formula is C44H52Cl2N2O2. The number of ether oxygens (including phenoxy) is 1. The summed E-state index contributed by atoms with van der Waals surface area (Å²) < 4.78 is 5.98. The first-order valence-electron chi connectivity index (χ1n) is 18.4. The molecule has 2 unspecified atom stereocenters. The molecule has 2 aliphatic heterocycles. The van der Waals surface area contributed by atoms with Gasteiger partial charge in [0.05, 0.1) is 10.0 Å². The summed E-state index contributed by atoms with van der Waals surface area (Å²) in [7, 11) is 0. The highest BCUT2D eigenvalue weighted by atomic mass is 35.5. The Balaban J connectivity index is 0.000000175. The molecule has 4 aromatic rings. The topological polar surface area (TPSA) is 41.6 Å². The second kappa shape index (κ2) is 15.4. The lowest BCUT2D eigenvalue weighted by Crippen LogP contribution is -2.37. The van der Waals surface area contributed by atoms with Crippen molar-refractivity contribution < 1.29 is 9.53 Å². The Hall–Kier alpha value is -3.47. The Bertz CT molecular complexity index is 1780. The highest BCUT2D eigenvalue weighted by Gasteiger charge is 2.32. The van der Waals surface area contributed by atoms with Crippen LogP contribution in [0, 0.1) is 17.3 Å². The van der Waals surface area contributed by atoms with Crippen molar-refractivity contribution in [2.45, 2.75) is 91.9 Å². The first-order valence-corrected chi connectivity index (χ1v) is 19.2. The molecule has 2 atom stereocenters. The van der Waals surface area contributed by atoms with Gasteiger partial charge in [0.1, 0.15) is 5.75 Å². The van der Waals surface area contributed by atoms with Crippen molar-refractivity contribution in [2.75, 3.05) is 23.3 Å². The van der Waals surface area contributed by atoms with E-state index in [1.54, 1.807) is 12.1 Å². The number of halogens is 2. The number of rotatable bonds is 6. The molecule has 2 heterocycles. The van der Waals surface area contributed by atoms with Crippen LogP contribution in [-0.2, 0) is 24.1 Å². The number of nitrogens with zero attached hydrogens (tertiary/aromatic N) is 1. The third-order valence-electron chi connectivity index (χ3n) is 10.8. The average Bonchev–Trinajstić information content (AvgIpc) is 3.51. The minimum Gasteiger partial charge on any atom is -0.454 e. The van der Waals surface area contributed by atoms with Crippen molar-refractivity contribution in [2.24, 2.45) is 17.3 Å². The lowest BCUT2D eigenvalue weighted by molar-refractivity contribution is -0.118. The molecule has 7 rings (SSSR count). The molecule has 0 saturated carbocycles. The van der Waals surface area contributed by atoms with Gasteiger partial charge in [0.15, 0.2) is 5.75 Å². The number of nitrogens with one attached hydrogen (secondary N) is 1. The zero-order valence-electron chi connectivity index (χ0n) is 30.5. The summed E-state index contributed by atoms with van der Waals surface area (Å²) in [5.74, 6) is 3.87. The van der Waals surface area contributed by atoms with Crippen molar-refractivity contribution in [3.05, 3.63) is 117 Å². The summed E-state index contributed by atoms with van der Waals surface area (Å²) in [6.45, 7) is 15.3. The molecule has 3 aliphatic rings. The van der Waals surface area contributed by atoms with E-state index < -0.39 is 0 Å². The zero-order chi connectivity index (χ0) is 35.6. The van der Waals surface area contributed by atoms with Gasteiger partial charge >= 0.3 is 0 Å². The van der Waals surface area contributed by atoms with Crippen LogP contribution in [0.25, 0.3) is 0 Å². The van der Waals surface area contributed by atoms with Crippen molar-refractivity contribution in [3.63, 3.8) is 0 Å². The first kappa shape index (κ1) is 36.3. The van der Waals surface area contributed by atoms with E-state index in [9.17, 15) is 4.79 Å². The molecule has 1 aliphatic carbocycles. The van der Waals surface area contributed by atoms with Crippen molar-refractivity contribution in [3.8, 4) is 11.5 Å². The molecule has 1 N–H and O–H groups in total. The molecular weight excluding hydrogens is 659 g/mol. The first-order chi connectivity index (χ1) is 23.9. The van der Waals surface area contributed by atoms with E-state index in [1.807, 2.05) is 24.0 Å². The summed E-state index contributed by atoms with van der Waals surface area (Å²) >= 11 is 12.4. The second-order valence-corrected chi connectivity index (χ2v) is 16.5. The van der Waals surface area contributed by atoms with Gasteiger partial charge in [0.25, 0.3) is 0 Å². The predicted molar refractivity (Wildman–Crippen MR) is 211 cm³/mol. The number of benzene rings is 4. The monoisotopic (exact) mass is 710 g/mol. The molecule has 4 aromatic carbocycles. The number of carbonyl (C=O) groups is 1. The molecule has 0 radical (unpaired) electrons. The number of hydrogen-bond acceptors (Lipinski definition) is 3. The number of anilines is 2. The molecule has 0 fully saturated rings. The minimum atomic E-state index is 0.206. The van der Waals surface area contributed by atoms with Gasteiger partial charge in [-0.25, -0.2) is 0 Å². The molecule has 6 heteroatoms. The highest BCUT2D eigenvalue weighted by Crippen LogP contribution is 2.46. The van der Waals surface area contributed by atoms with Gasteiger partial charge in [0, 0.05) is 30.9 Å². The normalized spacial score (nSPS) is 18.4. The number of carbonyl (C=O) groups excluding carboxylic acids is 1. The Morgan fingerprint density at radius 3 is 2.24 bits per heavy atom. The molecule has 4 nitrogen and oxygen atoms in total. The SMILES string of the molecule is CC(C)(C)C1CCNc2ccc(Oc3c(Cl)cccc3Cl)cc21.CCC(=O)N1CCC(C(C)C)c2cc(CC3Cc4ccccc4C3)ccc21. The maximum atomic E-state index is 12.4. The van der Waals surface area contributed by atoms with Gasteiger partial charge in [-0.05, 0) is 125 Å². The van der Waals surface area contributed by atoms with E-state index in [-0.39, 0.29) is 11.3 Å². The van der Waals surface area contributed by atoms with E-state index in [4.69, 9.17) is 27.9 Å². The van der Waals surface area contributed by atoms with E-state index in [2.05, 4.69) is 94.5 Å². The van der Waals surface area contributed by atoms with Crippen molar-refractivity contribution >= 4 is 40.5 Å². The lowest BCUT2D eigenvalue weighted by Gasteiger charge is -2.36. The van der Waals surface area contributed by atoms with Gasteiger partial charge in [-0.1, -0.05) is 107 Å². The third kappa shape index (κ3) is 8.03. The van der Waals surface area contributed by atoms with Crippen molar-refractivity contribution in [1.29, 1.82) is 0 Å². The van der Waals surface area contributed by atoms with Crippen LogP contribution >= 0.6 is 23.2 Å². The minimum absolute atomic E-state index is 0.206. The summed E-state index contributed by atoms with van der Waals surface area (Å²) in [4.78, 5) is 14.4. The van der Waals surface area contributed by atoms with Crippen molar-refractivity contribution in [1.82, 2.24) is 0 Å². The molecule has 0 saturated heterocycles. The van der Waals surface area contributed by atoms with E-state index >= 15 is 0 Å². The van der Waals surface area contributed by atoms with Gasteiger partial charge in [-0.2, -0.15) is 0 Å². The van der Waals surface area contributed by atoms with Crippen LogP contribution in [0.1, 0.15) is 100 Å². The Labute approximate surface area is 309 Å². The van der Waals surface area contributed by atoms with Crippen LogP contribution in [0.3, 0.4) is 0 Å². The fourth-order valence-corrected chi connectivity index (χ4v) is 8.72. The second-order valence-electron chi connectivity index (χ2n) is 15.7. The molecule has 264 valence electrons. The summed E-state index contributed by atoms with van der Waals surface area (Å²) in [6, 6.07) is 27.3. The number of para-hydroxylation sites is 1. The van der Waals surface area contributed by atoms with Crippen LogP contribution in [0.4, 0.5) is 11.4 Å². The number of fused-ring (bicyclic) bond motifs is 3. The van der Waals surface area contributed by atoms with Crippen LogP contribution in [0.2, 0.25) is 10.0 Å². The average molecular weight is 712 g/mol. The number of hydrogen-bond donors (Lipinski definition) is 1. The molecule has 50 heavy (non-hydrogen) atoms. The summed E-state index contributed by atoms with van der Waals surface area (Å²) in [5, 5.41) is 4.50. The zero-order valence-corrected chi connectivity index (χ0v) is 32.0. The fraction of sp³-hybridized carbons (Fsp3) is 0.432. The largest absolute Gasteiger partial charge is 0.454 e. The Morgan fingerprint density at radius 2 is 1.60 bits per heavy atom. The third-order valence-corrected chi connectivity index (χ3v) is 11.4. The number of amides is 1. The predicted octanol–water partition coefficient (Wildman–Crippen LogP) is 12.3. The fourth-order valence-electron chi connectivity index (χ4n) is 8.25. The maximum absolute atomic E-state index is 12.4. The van der Waals surface area contributed by atoms with E-state index in [0.29, 0.717) is 45.9 Å². The lowest BCUT2D eigenvalue weighted by atomic mass is 9.73. The van der Waals surface area contributed by atoms with Crippen LogP contribution in [-0.4, -0.2) is 19.0 Å². The van der Waals surface area contributed by atoms with Crippen LogP contribution in [0.15, 0.2) is 78.9 Å². The summed E-state index contributed by atoms with van der Waals surface area (Å²) in [5.41, 5.74) is 9.73. The Morgan fingerprint density at radius 1 is 0.900 bits per heavy atom. The standard InChI is InChI=1S/C25H31NO.C19H21Cl2NO/c1-4-25(27)26-12-11-22(17(2)3)23-16-18(9-10-24(23)26)13-19-14-20-7-5-6-8-21(20)15-19;1-19(2,3)14-9-10-22-17-8-7-12(11-13(14)17)23-18-15(20)5-4-6-16(18)21/h5-10,16-17,19,22H,4,11-15H2,1-3H3;4-8,11,14,22H,9-10H2,1-3H3. The molecule has 0 bridgehead atoms.